The van der Waals surface area contributed by atoms with Crippen molar-refractivity contribution in [3.63, 3.8) is 0 Å². The Labute approximate surface area is 111 Å². The predicted molar refractivity (Wildman–Crippen MR) is 72.9 cm³/mol. The Morgan fingerprint density at radius 1 is 1.37 bits per heavy atom. The molecule has 0 saturated carbocycles. The number of carbonyl (C=O) groups is 1. The summed E-state index contributed by atoms with van der Waals surface area (Å²) in [5.74, 6) is 0.643. The second-order valence-electron chi connectivity index (χ2n) is 4.55. The van der Waals surface area contributed by atoms with E-state index in [9.17, 15) is 4.79 Å². The van der Waals surface area contributed by atoms with Crippen LogP contribution in [0, 0.1) is 0 Å². The molecule has 5 nitrogen and oxygen atoms in total. The summed E-state index contributed by atoms with van der Waals surface area (Å²) in [7, 11) is 0. The van der Waals surface area contributed by atoms with E-state index < -0.39 is 0 Å². The van der Waals surface area contributed by atoms with Crippen LogP contribution in [0.1, 0.15) is 41.8 Å². The molecule has 1 heterocycles. The van der Waals surface area contributed by atoms with Crippen LogP contribution in [0.4, 0.5) is 5.69 Å². The van der Waals surface area contributed by atoms with Crippen LogP contribution in [-0.4, -0.2) is 10.9 Å². The monoisotopic (exact) mass is 259 g/mol. The number of anilines is 1. The number of hydrogen-bond acceptors (Lipinski definition) is 4. The molecule has 5 heteroatoms. The summed E-state index contributed by atoms with van der Waals surface area (Å²) in [6.07, 6.45) is 1.38. The number of rotatable bonds is 4. The molecule has 0 atom stereocenters. The quantitative estimate of drug-likeness (QED) is 0.884. The van der Waals surface area contributed by atoms with Crippen LogP contribution in [-0.2, 0) is 6.54 Å². The van der Waals surface area contributed by atoms with Gasteiger partial charge in [-0.25, -0.2) is 4.98 Å². The number of oxazole rings is 1. The lowest BCUT2D eigenvalue weighted by Gasteiger charge is -2.07. The van der Waals surface area contributed by atoms with Gasteiger partial charge in [0, 0.05) is 5.69 Å². The fraction of sp³-hybridized carbons (Fsp3) is 0.286. The van der Waals surface area contributed by atoms with Crippen LogP contribution >= 0.6 is 0 Å². The standard InChI is InChI=1S/C14H17N3O2/c1-9(2)10-3-5-11(6-4-10)17-14(18)12-8-16-13(7-15)19-12/h3-6,8-9H,7,15H2,1-2H3,(H,17,18). The van der Waals surface area contributed by atoms with Crippen molar-refractivity contribution < 1.29 is 9.21 Å². The molecular weight excluding hydrogens is 242 g/mol. The molecule has 0 unspecified atom stereocenters. The van der Waals surface area contributed by atoms with Gasteiger partial charge in [-0.2, -0.15) is 0 Å². The molecule has 100 valence electrons. The summed E-state index contributed by atoms with van der Waals surface area (Å²) in [4.78, 5) is 15.8. The zero-order valence-corrected chi connectivity index (χ0v) is 11.0. The zero-order valence-electron chi connectivity index (χ0n) is 11.0. The van der Waals surface area contributed by atoms with Crippen LogP contribution in [0.25, 0.3) is 0 Å². The first-order chi connectivity index (χ1) is 9.10. The Bertz CT molecular complexity index is 558. The third-order valence-corrected chi connectivity index (χ3v) is 2.79. The molecule has 1 aromatic carbocycles. The van der Waals surface area contributed by atoms with Crippen molar-refractivity contribution in [1.29, 1.82) is 0 Å². The van der Waals surface area contributed by atoms with Crippen molar-refractivity contribution in [3.05, 3.63) is 47.7 Å². The zero-order chi connectivity index (χ0) is 13.8. The largest absolute Gasteiger partial charge is 0.434 e. The molecule has 0 saturated heterocycles. The SMILES string of the molecule is CC(C)c1ccc(NC(=O)c2cnc(CN)o2)cc1. The highest BCUT2D eigenvalue weighted by Gasteiger charge is 2.12. The number of carbonyl (C=O) groups excluding carboxylic acids is 1. The molecule has 2 aromatic rings. The number of nitrogens with zero attached hydrogens (tertiary/aromatic N) is 1. The number of nitrogens with two attached hydrogens (primary N) is 1. The number of amides is 1. The molecule has 0 bridgehead atoms. The van der Waals surface area contributed by atoms with Crippen molar-refractivity contribution in [1.82, 2.24) is 4.98 Å². The molecule has 0 spiro atoms. The predicted octanol–water partition coefficient (Wildman–Crippen LogP) is 2.51. The van der Waals surface area contributed by atoms with E-state index >= 15 is 0 Å². The normalized spacial score (nSPS) is 10.7. The van der Waals surface area contributed by atoms with Crippen molar-refractivity contribution >= 4 is 11.6 Å². The van der Waals surface area contributed by atoms with Gasteiger partial charge in [0.1, 0.15) is 0 Å². The summed E-state index contributed by atoms with van der Waals surface area (Å²) in [6.45, 7) is 4.42. The van der Waals surface area contributed by atoms with Gasteiger partial charge in [0.25, 0.3) is 5.91 Å². The lowest BCUT2D eigenvalue weighted by molar-refractivity contribution is 0.0995. The van der Waals surface area contributed by atoms with E-state index in [0.29, 0.717) is 11.8 Å². The topological polar surface area (TPSA) is 81.2 Å². The number of nitrogens with one attached hydrogen (secondary N) is 1. The summed E-state index contributed by atoms with van der Waals surface area (Å²) in [6, 6.07) is 7.72. The van der Waals surface area contributed by atoms with Crippen molar-refractivity contribution in [2.45, 2.75) is 26.3 Å². The van der Waals surface area contributed by atoms with Gasteiger partial charge in [0.15, 0.2) is 0 Å². The van der Waals surface area contributed by atoms with E-state index in [1.807, 2.05) is 24.3 Å². The Kier molecular flexibility index (Phi) is 3.97. The van der Waals surface area contributed by atoms with Gasteiger partial charge in [-0.15, -0.1) is 0 Å². The Hall–Kier alpha value is -2.14. The fourth-order valence-corrected chi connectivity index (χ4v) is 1.65. The molecule has 0 aliphatic carbocycles. The van der Waals surface area contributed by atoms with Crippen LogP contribution in [0.2, 0.25) is 0 Å². The summed E-state index contributed by atoms with van der Waals surface area (Å²) in [5, 5.41) is 2.75. The van der Waals surface area contributed by atoms with Crippen LogP contribution < -0.4 is 11.1 Å². The van der Waals surface area contributed by atoms with E-state index in [4.69, 9.17) is 10.2 Å². The third kappa shape index (κ3) is 3.20. The Balaban J connectivity index is 2.06. The molecule has 19 heavy (non-hydrogen) atoms. The first kappa shape index (κ1) is 13.3. The average molecular weight is 259 g/mol. The van der Waals surface area contributed by atoms with E-state index in [2.05, 4.69) is 24.1 Å². The molecule has 0 aliphatic heterocycles. The van der Waals surface area contributed by atoms with Crippen LogP contribution in [0.5, 0.6) is 0 Å². The smallest absolute Gasteiger partial charge is 0.293 e. The molecule has 0 aliphatic rings. The minimum Gasteiger partial charge on any atom is -0.434 e. The van der Waals surface area contributed by atoms with Crippen molar-refractivity contribution in [2.75, 3.05) is 5.32 Å². The number of hydrogen-bond donors (Lipinski definition) is 2. The first-order valence-electron chi connectivity index (χ1n) is 6.16. The maximum absolute atomic E-state index is 11.9. The molecule has 2 rings (SSSR count). The van der Waals surface area contributed by atoms with Gasteiger partial charge in [-0.05, 0) is 23.6 Å². The third-order valence-electron chi connectivity index (χ3n) is 2.79. The second-order valence-corrected chi connectivity index (χ2v) is 4.55. The molecule has 1 aromatic heterocycles. The van der Waals surface area contributed by atoms with E-state index in [-0.39, 0.29) is 18.2 Å². The summed E-state index contributed by atoms with van der Waals surface area (Å²) >= 11 is 0. The van der Waals surface area contributed by atoms with Gasteiger partial charge < -0.3 is 15.5 Å². The average Bonchev–Trinajstić information content (AvgIpc) is 2.88. The molecule has 0 radical (unpaired) electrons. The summed E-state index contributed by atoms with van der Waals surface area (Å²) < 4.78 is 5.18. The Morgan fingerprint density at radius 2 is 2.05 bits per heavy atom. The van der Waals surface area contributed by atoms with Gasteiger partial charge in [0.2, 0.25) is 11.7 Å². The van der Waals surface area contributed by atoms with E-state index in [1.54, 1.807) is 0 Å². The molecular formula is C14H17N3O2. The Morgan fingerprint density at radius 3 is 2.58 bits per heavy atom. The highest BCUT2D eigenvalue weighted by Crippen LogP contribution is 2.17. The minimum atomic E-state index is -0.329. The lowest BCUT2D eigenvalue weighted by Crippen LogP contribution is -2.11. The fourth-order valence-electron chi connectivity index (χ4n) is 1.65. The van der Waals surface area contributed by atoms with Gasteiger partial charge in [-0.3, -0.25) is 4.79 Å². The first-order valence-corrected chi connectivity index (χ1v) is 6.16. The molecule has 1 amide bonds. The van der Waals surface area contributed by atoms with Crippen molar-refractivity contribution in [3.8, 4) is 0 Å². The maximum Gasteiger partial charge on any atom is 0.293 e. The van der Waals surface area contributed by atoms with Gasteiger partial charge in [0.05, 0.1) is 12.7 Å². The van der Waals surface area contributed by atoms with E-state index in [1.165, 1.54) is 11.8 Å². The summed E-state index contributed by atoms with van der Waals surface area (Å²) in [5.41, 5.74) is 7.32. The second kappa shape index (κ2) is 5.67. The lowest BCUT2D eigenvalue weighted by atomic mass is 10.0. The minimum absolute atomic E-state index is 0.161. The van der Waals surface area contributed by atoms with E-state index in [0.717, 1.165) is 5.69 Å². The van der Waals surface area contributed by atoms with Crippen molar-refractivity contribution in [2.24, 2.45) is 5.73 Å². The molecule has 0 fully saturated rings. The maximum atomic E-state index is 11.9. The van der Waals surface area contributed by atoms with Crippen LogP contribution in [0.3, 0.4) is 0 Å². The number of aromatic nitrogens is 1. The molecule has 3 N–H and O–H groups in total. The highest BCUT2D eigenvalue weighted by atomic mass is 16.4. The van der Waals surface area contributed by atoms with Gasteiger partial charge in [-0.1, -0.05) is 26.0 Å². The number of benzene rings is 1. The van der Waals surface area contributed by atoms with Gasteiger partial charge >= 0.3 is 0 Å². The highest BCUT2D eigenvalue weighted by molar-refractivity contribution is 6.02. The van der Waals surface area contributed by atoms with Crippen LogP contribution in [0.15, 0.2) is 34.9 Å².